The van der Waals surface area contributed by atoms with Crippen molar-refractivity contribution in [3.05, 3.63) is 23.6 Å². The number of pyridine rings is 1. The van der Waals surface area contributed by atoms with Crippen LogP contribution in [0.1, 0.15) is 23.7 Å². The van der Waals surface area contributed by atoms with E-state index in [9.17, 15) is 9.18 Å². The number of anilines is 1. The van der Waals surface area contributed by atoms with Gasteiger partial charge in [-0.1, -0.05) is 0 Å². The fourth-order valence-corrected chi connectivity index (χ4v) is 1.83. The molecule has 0 saturated carbocycles. The van der Waals surface area contributed by atoms with E-state index in [4.69, 9.17) is 10.6 Å². The summed E-state index contributed by atoms with van der Waals surface area (Å²) in [6.07, 6.45) is 2.02. The number of nitrogens with one attached hydrogen (secondary N) is 2. The lowest BCUT2D eigenvalue weighted by Gasteiger charge is -2.23. The van der Waals surface area contributed by atoms with E-state index >= 15 is 0 Å². The van der Waals surface area contributed by atoms with E-state index in [1.54, 1.807) is 0 Å². The van der Waals surface area contributed by atoms with Crippen molar-refractivity contribution in [1.82, 2.24) is 10.3 Å². The van der Waals surface area contributed by atoms with Crippen LogP contribution < -0.4 is 16.6 Å². The summed E-state index contributed by atoms with van der Waals surface area (Å²) in [5.74, 6) is 3.68. The Morgan fingerprint density at radius 1 is 1.67 bits per heavy atom. The van der Waals surface area contributed by atoms with Crippen LogP contribution in [-0.4, -0.2) is 29.6 Å². The van der Waals surface area contributed by atoms with Gasteiger partial charge in [-0.15, -0.1) is 0 Å². The van der Waals surface area contributed by atoms with Gasteiger partial charge in [-0.3, -0.25) is 4.79 Å². The number of nitrogen functional groups attached to an aromatic ring is 1. The molecule has 18 heavy (non-hydrogen) atoms. The summed E-state index contributed by atoms with van der Waals surface area (Å²) < 4.78 is 19.0. The van der Waals surface area contributed by atoms with Crippen LogP contribution in [0.15, 0.2) is 12.3 Å². The monoisotopic (exact) mass is 254 g/mol. The molecule has 1 aromatic heterocycles. The molecular weight excluding hydrogens is 239 g/mol. The molecule has 98 valence electrons. The summed E-state index contributed by atoms with van der Waals surface area (Å²) in [6.45, 7) is 2.87. The Bertz CT molecular complexity index is 460. The Balaban J connectivity index is 2.18. The Hall–Kier alpha value is -1.73. The predicted octanol–water partition coefficient (Wildman–Crippen LogP) is 0.415. The van der Waals surface area contributed by atoms with Gasteiger partial charge in [0, 0.05) is 12.8 Å². The third-order valence-electron chi connectivity index (χ3n) is 2.90. The lowest BCUT2D eigenvalue weighted by atomic mass is 10.0. The van der Waals surface area contributed by atoms with E-state index in [1.165, 1.54) is 12.3 Å². The first kappa shape index (κ1) is 12.7. The van der Waals surface area contributed by atoms with Gasteiger partial charge in [0.25, 0.3) is 5.91 Å². The van der Waals surface area contributed by atoms with E-state index in [2.05, 4.69) is 15.7 Å². The zero-order valence-electron chi connectivity index (χ0n) is 10.00. The van der Waals surface area contributed by atoms with Gasteiger partial charge in [-0.25, -0.2) is 15.2 Å². The molecule has 1 amide bonds. The highest BCUT2D eigenvalue weighted by Crippen LogP contribution is 2.20. The average molecular weight is 254 g/mol. The van der Waals surface area contributed by atoms with Crippen LogP contribution in [0.2, 0.25) is 0 Å². The average Bonchev–Trinajstić information content (AvgIpc) is 2.76. The number of carbonyl (C=O) groups excluding carboxylic acids is 1. The van der Waals surface area contributed by atoms with Crippen molar-refractivity contribution in [3.8, 4) is 0 Å². The molecule has 0 spiro atoms. The highest BCUT2D eigenvalue weighted by atomic mass is 19.1. The fourth-order valence-electron chi connectivity index (χ4n) is 1.83. The molecule has 0 bridgehead atoms. The third kappa shape index (κ3) is 2.41. The number of hydrogen-bond donors (Lipinski definition) is 3. The van der Waals surface area contributed by atoms with Gasteiger partial charge in [0.15, 0.2) is 11.6 Å². The Labute approximate surface area is 104 Å². The van der Waals surface area contributed by atoms with Crippen LogP contribution in [0.3, 0.4) is 0 Å². The highest BCUT2D eigenvalue weighted by molar-refractivity contribution is 5.95. The molecule has 0 radical (unpaired) electrons. The minimum absolute atomic E-state index is 0.0916. The largest absolute Gasteiger partial charge is 0.379 e. The van der Waals surface area contributed by atoms with Crippen molar-refractivity contribution in [1.29, 1.82) is 0 Å². The first-order chi connectivity index (χ1) is 8.56. The molecule has 6 nitrogen and oxygen atoms in total. The van der Waals surface area contributed by atoms with Crippen molar-refractivity contribution < 1.29 is 13.9 Å². The molecule has 1 unspecified atom stereocenters. The smallest absolute Gasteiger partial charge is 0.254 e. The topological polar surface area (TPSA) is 89.3 Å². The summed E-state index contributed by atoms with van der Waals surface area (Å²) in [5, 5.41) is 2.76. The first-order valence-corrected chi connectivity index (χ1v) is 5.57. The van der Waals surface area contributed by atoms with Crippen molar-refractivity contribution in [2.75, 3.05) is 18.6 Å². The van der Waals surface area contributed by atoms with Crippen LogP contribution in [-0.2, 0) is 4.74 Å². The number of carbonyl (C=O) groups is 1. The second kappa shape index (κ2) is 4.87. The molecule has 7 heteroatoms. The van der Waals surface area contributed by atoms with Crippen LogP contribution in [0.4, 0.5) is 10.2 Å². The second-order valence-electron chi connectivity index (χ2n) is 4.48. The number of hydrogen-bond acceptors (Lipinski definition) is 5. The molecule has 1 aliphatic heterocycles. The number of aromatic nitrogens is 1. The summed E-state index contributed by atoms with van der Waals surface area (Å²) in [5.41, 5.74) is 1.56. The molecular formula is C11H15FN4O2. The van der Waals surface area contributed by atoms with E-state index < -0.39 is 17.3 Å². The third-order valence-corrected chi connectivity index (χ3v) is 2.90. The van der Waals surface area contributed by atoms with Gasteiger partial charge in [-0.2, -0.15) is 0 Å². The summed E-state index contributed by atoms with van der Waals surface area (Å²) in [4.78, 5) is 15.7. The maximum absolute atomic E-state index is 13.8. The van der Waals surface area contributed by atoms with Crippen LogP contribution >= 0.6 is 0 Å². The second-order valence-corrected chi connectivity index (χ2v) is 4.48. The maximum atomic E-state index is 13.8. The quantitative estimate of drug-likeness (QED) is 0.537. The fraction of sp³-hybridized carbons (Fsp3) is 0.455. The van der Waals surface area contributed by atoms with Crippen LogP contribution in [0.25, 0.3) is 0 Å². The van der Waals surface area contributed by atoms with Gasteiger partial charge in [0.05, 0.1) is 17.7 Å². The zero-order valence-corrected chi connectivity index (χ0v) is 10.00. The summed E-state index contributed by atoms with van der Waals surface area (Å²) >= 11 is 0. The van der Waals surface area contributed by atoms with Crippen molar-refractivity contribution in [2.45, 2.75) is 18.9 Å². The van der Waals surface area contributed by atoms with Gasteiger partial charge < -0.3 is 15.5 Å². The van der Waals surface area contributed by atoms with E-state index in [0.29, 0.717) is 19.6 Å². The Morgan fingerprint density at radius 3 is 3.06 bits per heavy atom. The molecule has 1 saturated heterocycles. The number of ether oxygens (including phenoxy) is 1. The molecule has 2 rings (SSSR count). The lowest BCUT2D eigenvalue weighted by molar-refractivity contribution is 0.0885. The van der Waals surface area contributed by atoms with Crippen molar-refractivity contribution in [3.63, 3.8) is 0 Å². The number of nitrogens with zero attached hydrogens (tertiary/aromatic N) is 1. The van der Waals surface area contributed by atoms with Gasteiger partial charge in [0.2, 0.25) is 0 Å². The zero-order chi connectivity index (χ0) is 13.2. The van der Waals surface area contributed by atoms with Gasteiger partial charge in [0.1, 0.15) is 0 Å². The Kier molecular flexibility index (Phi) is 3.44. The van der Waals surface area contributed by atoms with Crippen LogP contribution in [0, 0.1) is 5.82 Å². The summed E-state index contributed by atoms with van der Waals surface area (Å²) in [7, 11) is 0. The Morgan fingerprint density at radius 2 is 2.44 bits per heavy atom. The predicted molar refractivity (Wildman–Crippen MR) is 63.3 cm³/mol. The van der Waals surface area contributed by atoms with E-state index in [0.717, 1.165) is 0 Å². The number of halogens is 1. The minimum atomic E-state index is -0.764. The molecule has 0 aromatic carbocycles. The molecule has 4 N–H and O–H groups in total. The number of rotatable bonds is 3. The molecule has 0 aliphatic carbocycles. The molecule has 2 heterocycles. The standard InChI is InChI=1S/C11H15FN4O2/c1-11(3-5-18-6-11)15-10(17)7-2-4-14-9(16-13)8(7)12/h2,4H,3,5-6,13H2,1H3,(H,14,16)(H,15,17). The minimum Gasteiger partial charge on any atom is -0.379 e. The highest BCUT2D eigenvalue weighted by Gasteiger charge is 2.32. The maximum Gasteiger partial charge on any atom is 0.254 e. The number of amides is 1. The molecule has 1 fully saturated rings. The van der Waals surface area contributed by atoms with Crippen molar-refractivity contribution in [2.24, 2.45) is 5.84 Å². The number of hydrazine groups is 1. The first-order valence-electron chi connectivity index (χ1n) is 5.57. The van der Waals surface area contributed by atoms with Gasteiger partial charge >= 0.3 is 0 Å². The normalized spacial score (nSPS) is 22.8. The molecule has 1 aromatic rings. The lowest BCUT2D eigenvalue weighted by Crippen LogP contribution is -2.46. The number of nitrogens with two attached hydrogens (primary N) is 1. The van der Waals surface area contributed by atoms with Crippen LogP contribution in [0.5, 0.6) is 0 Å². The molecule has 1 atom stereocenters. The van der Waals surface area contributed by atoms with E-state index in [-0.39, 0.29) is 11.4 Å². The van der Waals surface area contributed by atoms with Crippen molar-refractivity contribution >= 4 is 11.7 Å². The summed E-state index contributed by atoms with van der Waals surface area (Å²) in [6, 6.07) is 1.31. The van der Waals surface area contributed by atoms with E-state index in [1.807, 2.05) is 6.92 Å². The SMILES string of the molecule is CC1(NC(=O)c2ccnc(NN)c2F)CCOC1. The van der Waals surface area contributed by atoms with Gasteiger partial charge in [-0.05, 0) is 19.4 Å². The molecule has 1 aliphatic rings.